The summed E-state index contributed by atoms with van der Waals surface area (Å²) in [5.41, 5.74) is 0. The van der Waals surface area contributed by atoms with Crippen LogP contribution < -0.4 is 10.1 Å². The summed E-state index contributed by atoms with van der Waals surface area (Å²) in [4.78, 5) is 2.83. The topological polar surface area (TPSA) is 24.5 Å². The summed E-state index contributed by atoms with van der Waals surface area (Å²) in [5.74, 6) is 2.90. The number of fused-ring (bicyclic) bond motifs is 5. The van der Waals surface area contributed by atoms with Crippen molar-refractivity contribution < 1.29 is 4.74 Å². The molecule has 3 nitrogen and oxygen atoms in total. The van der Waals surface area contributed by atoms with Crippen molar-refractivity contribution in [3.63, 3.8) is 0 Å². The van der Waals surface area contributed by atoms with Crippen LogP contribution in [0, 0.1) is 11.8 Å². The largest absolute Gasteiger partial charge is 0.494 e. The second kappa shape index (κ2) is 8.57. The van der Waals surface area contributed by atoms with Crippen molar-refractivity contribution in [1.82, 2.24) is 10.2 Å². The van der Waals surface area contributed by atoms with E-state index < -0.39 is 0 Å². The van der Waals surface area contributed by atoms with Gasteiger partial charge in [-0.15, -0.1) is 24.8 Å². The van der Waals surface area contributed by atoms with E-state index in [4.69, 9.17) is 4.74 Å². The Balaban J connectivity index is 0.000000960. The van der Waals surface area contributed by atoms with Crippen LogP contribution in [0.4, 0.5) is 0 Å². The first-order valence-electron chi connectivity index (χ1n) is 8.58. The van der Waals surface area contributed by atoms with Crippen molar-refractivity contribution in [2.45, 2.75) is 37.8 Å². The van der Waals surface area contributed by atoms with E-state index >= 15 is 0 Å². The van der Waals surface area contributed by atoms with Crippen LogP contribution in [-0.4, -0.2) is 43.2 Å². The van der Waals surface area contributed by atoms with Crippen LogP contribution in [-0.2, 0) is 0 Å². The number of benzene rings is 1. The Labute approximate surface area is 152 Å². The summed E-state index contributed by atoms with van der Waals surface area (Å²) in [6.45, 7) is 4.65. The summed E-state index contributed by atoms with van der Waals surface area (Å²) in [5, 5.41) is 3.59. The summed E-state index contributed by atoms with van der Waals surface area (Å²) in [7, 11) is 0. The molecule has 130 valence electrons. The molecular formula is C18H28Cl2N2O. The number of ether oxygens (including phenoxy) is 1. The Hall–Kier alpha value is -0.480. The maximum absolute atomic E-state index is 5.79. The molecule has 5 heteroatoms. The molecule has 3 heterocycles. The zero-order chi connectivity index (χ0) is 14.1. The summed E-state index contributed by atoms with van der Waals surface area (Å²) < 4.78 is 5.79. The Kier molecular flexibility index (Phi) is 7.02. The molecule has 0 unspecified atom stereocenters. The molecule has 3 aliphatic heterocycles. The number of para-hydroxylation sites is 1. The van der Waals surface area contributed by atoms with E-state index in [1.165, 1.54) is 45.3 Å². The number of unbranched alkanes of at least 4 members (excludes halogenated alkanes) is 1. The Morgan fingerprint density at radius 1 is 0.957 bits per heavy atom. The normalized spacial score (nSPS) is 31.3. The standard InChI is InChI=1S/C18H26N2O.2ClH/c1-2-6-14(7-3-1)21-11-5-4-10-20-17-8-9-18(20)16-13-19-12-15(16)17;;/h1-3,6-7,15-19H,4-5,8-13H2;2*1H/t15-,16+,17-,18+;;. The van der Waals surface area contributed by atoms with Crippen molar-refractivity contribution in [1.29, 1.82) is 0 Å². The van der Waals surface area contributed by atoms with Crippen molar-refractivity contribution >= 4 is 24.8 Å². The molecule has 3 aliphatic rings. The summed E-state index contributed by atoms with van der Waals surface area (Å²) in [6.07, 6.45) is 5.31. The highest BCUT2D eigenvalue weighted by molar-refractivity contribution is 5.85. The first kappa shape index (κ1) is 18.9. The first-order valence-corrected chi connectivity index (χ1v) is 8.58. The van der Waals surface area contributed by atoms with Gasteiger partial charge in [-0.25, -0.2) is 0 Å². The highest BCUT2D eigenvalue weighted by Gasteiger charge is 2.53. The van der Waals surface area contributed by atoms with Crippen molar-refractivity contribution in [2.75, 3.05) is 26.2 Å². The van der Waals surface area contributed by atoms with Gasteiger partial charge in [0.15, 0.2) is 0 Å². The first-order chi connectivity index (χ1) is 10.4. The molecule has 23 heavy (non-hydrogen) atoms. The predicted molar refractivity (Wildman–Crippen MR) is 99.0 cm³/mol. The predicted octanol–water partition coefficient (Wildman–Crippen LogP) is 3.37. The van der Waals surface area contributed by atoms with E-state index in [1.54, 1.807) is 0 Å². The van der Waals surface area contributed by atoms with Crippen LogP contribution in [0.3, 0.4) is 0 Å². The van der Waals surface area contributed by atoms with Gasteiger partial charge in [0.2, 0.25) is 0 Å². The fourth-order valence-corrected chi connectivity index (χ4v) is 4.84. The molecule has 1 N–H and O–H groups in total. The average Bonchev–Trinajstić information content (AvgIpc) is 3.20. The van der Waals surface area contributed by atoms with Crippen LogP contribution >= 0.6 is 24.8 Å². The fraction of sp³-hybridized carbons (Fsp3) is 0.667. The molecule has 0 spiro atoms. The van der Waals surface area contributed by atoms with Crippen molar-refractivity contribution in [2.24, 2.45) is 11.8 Å². The average molecular weight is 359 g/mol. The lowest BCUT2D eigenvalue weighted by Gasteiger charge is -2.24. The van der Waals surface area contributed by atoms with E-state index in [2.05, 4.69) is 10.2 Å². The third-order valence-corrected chi connectivity index (χ3v) is 5.73. The zero-order valence-electron chi connectivity index (χ0n) is 13.5. The van der Waals surface area contributed by atoms with Gasteiger partial charge in [-0.2, -0.15) is 0 Å². The summed E-state index contributed by atoms with van der Waals surface area (Å²) in [6, 6.07) is 11.9. The maximum atomic E-state index is 5.79. The Morgan fingerprint density at radius 2 is 1.61 bits per heavy atom. The molecule has 0 radical (unpaired) electrons. The molecule has 1 aromatic rings. The lowest BCUT2D eigenvalue weighted by molar-refractivity contribution is 0.213. The minimum atomic E-state index is 0. The second-order valence-electron chi connectivity index (χ2n) is 6.80. The van der Waals surface area contributed by atoms with E-state index in [0.29, 0.717) is 0 Å². The quantitative estimate of drug-likeness (QED) is 0.789. The lowest BCUT2D eigenvalue weighted by atomic mass is 9.82. The molecule has 0 saturated carbocycles. The number of hydrogen-bond acceptors (Lipinski definition) is 3. The van der Waals surface area contributed by atoms with E-state index in [-0.39, 0.29) is 24.8 Å². The van der Waals surface area contributed by atoms with Crippen molar-refractivity contribution in [3.8, 4) is 5.75 Å². The third kappa shape index (κ3) is 3.79. The molecule has 0 aromatic heterocycles. The van der Waals surface area contributed by atoms with E-state index in [0.717, 1.165) is 36.3 Å². The highest BCUT2D eigenvalue weighted by atomic mass is 35.5. The number of nitrogens with zero attached hydrogens (tertiary/aromatic N) is 1. The van der Waals surface area contributed by atoms with Gasteiger partial charge in [-0.05, 0) is 69.3 Å². The lowest BCUT2D eigenvalue weighted by Crippen LogP contribution is -2.35. The SMILES string of the molecule is Cl.Cl.c1ccc(OCCCCN2[C@@H]3CC[C@H]2[C@H]2CNC[C@H]23)cc1. The van der Waals surface area contributed by atoms with Gasteiger partial charge in [0.1, 0.15) is 5.75 Å². The molecule has 0 amide bonds. The van der Waals surface area contributed by atoms with Gasteiger partial charge in [0, 0.05) is 12.1 Å². The van der Waals surface area contributed by atoms with Crippen LogP contribution in [0.1, 0.15) is 25.7 Å². The number of nitrogens with one attached hydrogen (secondary N) is 1. The Morgan fingerprint density at radius 3 is 2.26 bits per heavy atom. The van der Waals surface area contributed by atoms with Gasteiger partial charge in [-0.1, -0.05) is 18.2 Å². The second-order valence-corrected chi connectivity index (χ2v) is 6.80. The van der Waals surface area contributed by atoms with Gasteiger partial charge in [-0.3, -0.25) is 4.90 Å². The van der Waals surface area contributed by atoms with Crippen LogP contribution in [0.25, 0.3) is 0 Å². The minimum absolute atomic E-state index is 0. The van der Waals surface area contributed by atoms with Crippen LogP contribution in [0.15, 0.2) is 30.3 Å². The smallest absolute Gasteiger partial charge is 0.119 e. The molecular weight excluding hydrogens is 331 g/mol. The van der Waals surface area contributed by atoms with Crippen LogP contribution in [0.5, 0.6) is 5.75 Å². The monoisotopic (exact) mass is 358 g/mol. The molecule has 1 aromatic carbocycles. The molecule has 3 fully saturated rings. The van der Waals surface area contributed by atoms with E-state index in [9.17, 15) is 0 Å². The number of hydrogen-bond donors (Lipinski definition) is 1. The van der Waals surface area contributed by atoms with Gasteiger partial charge in [0.05, 0.1) is 6.61 Å². The summed E-state index contributed by atoms with van der Waals surface area (Å²) >= 11 is 0. The highest BCUT2D eigenvalue weighted by Crippen LogP contribution is 2.47. The van der Waals surface area contributed by atoms with Gasteiger partial charge >= 0.3 is 0 Å². The Bertz CT molecular complexity index is 455. The van der Waals surface area contributed by atoms with E-state index in [1.807, 2.05) is 30.3 Å². The molecule has 3 saturated heterocycles. The third-order valence-electron chi connectivity index (χ3n) is 5.73. The number of halogens is 2. The van der Waals surface area contributed by atoms with Gasteiger partial charge < -0.3 is 10.1 Å². The molecule has 4 atom stereocenters. The van der Waals surface area contributed by atoms with Crippen LogP contribution in [0.2, 0.25) is 0 Å². The minimum Gasteiger partial charge on any atom is -0.494 e. The molecule has 0 aliphatic carbocycles. The fourth-order valence-electron chi connectivity index (χ4n) is 4.84. The van der Waals surface area contributed by atoms with Crippen molar-refractivity contribution in [3.05, 3.63) is 30.3 Å². The van der Waals surface area contributed by atoms with Gasteiger partial charge in [0.25, 0.3) is 0 Å². The molecule has 2 bridgehead atoms. The molecule has 4 rings (SSSR count). The maximum Gasteiger partial charge on any atom is 0.119 e. The zero-order valence-corrected chi connectivity index (χ0v) is 15.2. The number of rotatable bonds is 6.